The smallest absolute Gasteiger partial charge is 0.462 e. The molecule has 2 N–H and O–H groups in total. The maximum atomic E-state index is 12.3. The van der Waals surface area contributed by atoms with E-state index in [1.165, 1.54) is 38.5 Å². The summed E-state index contributed by atoms with van der Waals surface area (Å²) in [4.78, 5) is 42.5. The third kappa shape index (κ3) is 36.3. The standard InChI is InChI=1S/C39H65O8P/c1-3-5-7-9-11-13-15-16-17-18-19-20-21-22-24-25-27-29-31-33-38(40)45-35-37(36-46-48(42,43)44)47-39(41)34-32-30-28-26-23-14-12-10-8-6-4-2/h10-13,16-17,19-20,22,24,27,29,37H,3-9,14-15,18,21,23,25-26,28,30-36H2,1-2H3,(H2,42,43,44)/b12-10+,13-11+,17-16+,20-19+,24-22+,29-27+/t37-/m1/s1. The molecule has 0 aliphatic heterocycles. The van der Waals surface area contributed by atoms with Crippen molar-refractivity contribution in [1.29, 1.82) is 0 Å². The zero-order valence-electron chi connectivity index (χ0n) is 29.9. The van der Waals surface area contributed by atoms with E-state index in [0.717, 1.165) is 64.2 Å². The van der Waals surface area contributed by atoms with Crippen LogP contribution in [0.25, 0.3) is 0 Å². The summed E-state index contributed by atoms with van der Waals surface area (Å²) in [6.45, 7) is 3.51. The number of hydrogen-bond acceptors (Lipinski definition) is 6. The monoisotopic (exact) mass is 692 g/mol. The van der Waals surface area contributed by atoms with Crippen molar-refractivity contribution in [1.82, 2.24) is 0 Å². The lowest BCUT2D eigenvalue weighted by Crippen LogP contribution is -2.29. The van der Waals surface area contributed by atoms with Gasteiger partial charge in [-0.3, -0.25) is 14.1 Å². The average Bonchev–Trinajstić information content (AvgIpc) is 3.05. The molecule has 8 nitrogen and oxygen atoms in total. The second kappa shape index (κ2) is 34.4. The Hall–Kier alpha value is -2.51. The largest absolute Gasteiger partial charge is 0.469 e. The van der Waals surface area contributed by atoms with Gasteiger partial charge in [0.05, 0.1) is 6.61 Å². The van der Waals surface area contributed by atoms with Gasteiger partial charge in [0.1, 0.15) is 6.61 Å². The molecule has 0 bridgehead atoms. The van der Waals surface area contributed by atoms with Gasteiger partial charge < -0.3 is 19.3 Å². The fourth-order valence-corrected chi connectivity index (χ4v) is 4.81. The molecule has 0 saturated heterocycles. The SMILES string of the molecule is CCCC/C=C/CCCCCCCC(=O)O[C@H](COC(=O)CC/C=C/C/C=C/C/C=C/C/C=C/C/C=C/CCCCC)COP(=O)(O)O. The van der Waals surface area contributed by atoms with Crippen LogP contribution in [0.1, 0.15) is 142 Å². The number of carbonyl (C=O) groups excluding carboxylic acids is 2. The fourth-order valence-electron chi connectivity index (χ4n) is 4.45. The van der Waals surface area contributed by atoms with Gasteiger partial charge in [0.15, 0.2) is 6.10 Å². The van der Waals surface area contributed by atoms with E-state index in [1.54, 1.807) is 0 Å². The summed E-state index contributed by atoms with van der Waals surface area (Å²) in [6, 6.07) is 0. The predicted octanol–water partition coefficient (Wildman–Crippen LogP) is 10.7. The summed E-state index contributed by atoms with van der Waals surface area (Å²) in [5.41, 5.74) is 0. The highest BCUT2D eigenvalue weighted by atomic mass is 31.2. The molecule has 0 aliphatic carbocycles. The molecule has 0 saturated carbocycles. The van der Waals surface area contributed by atoms with Crippen molar-refractivity contribution in [3.8, 4) is 0 Å². The lowest BCUT2D eigenvalue weighted by atomic mass is 10.1. The minimum atomic E-state index is -4.77. The van der Waals surface area contributed by atoms with Crippen molar-refractivity contribution >= 4 is 19.8 Å². The van der Waals surface area contributed by atoms with Crippen molar-refractivity contribution in [2.24, 2.45) is 0 Å². The summed E-state index contributed by atoms with van der Waals surface area (Å²) in [6.07, 6.45) is 43.5. The third-order valence-corrected chi connectivity index (χ3v) is 7.70. The number of esters is 2. The molecular weight excluding hydrogens is 627 g/mol. The second-order valence-corrected chi connectivity index (χ2v) is 13.1. The van der Waals surface area contributed by atoms with Crippen LogP contribution in [0.3, 0.4) is 0 Å². The fraction of sp³-hybridized carbons (Fsp3) is 0.641. The van der Waals surface area contributed by atoms with Gasteiger partial charge in [-0.2, -0.15) is 0 Å². The molecule has 1 atom stereocenters. The van der Waals surface area contributed by atoms with Crippen LogP contribution in [-0.2, 0) is 28.2 Å². The van der Waals surface area contributed by atoms with Gasteiger partial charge in [0, 0.05) is 12.8 Å². The van der Waals surface area contributed by atoms with Gasteiger partial charge in [-0.25, -0.2) is 4.57 Å². The Morgan fingerprint density at radius 2 is 1.00 bits per heavy atom. The second-order valence-electron chi connectivity index (χ2n) is 11.8. The maximum absolute atomic E-state index is 12.3. The Bertz CT molecular complexity index is 1010. The lowest BCUT2D eigenvalue weighted by molar-refractivity contribution is -0.161. The Morgan fingerprint density at radius 3 is 1.56 bits per heavy atom. The van der Waals surface area contributed by atoms with Crippen molar-refractivity contribution in [3.63, 3.8) is 0 Å². The van der Waals surface area contributed by atoms with Crippen LogP contribution < -0.4 is 0 Å². The van der Waals surface area contributed by atoms with E-state index in [9.17, 15) is 14.2 Å². The first-order valence-electron chi connectivity index (χ1n) is 18.2. The molecule has 0 aromatic carbocycles. The summed E-state index contributed by atoms with van der Waals surface area (Å²) < 4.78 is 26.2. The summed E-state index contributed by atoms with van der Waals surface area (Å²) in [5, 5.41) is 0. The van der Waals surface area contributed by atoms with Crippen LogP contribution in [0.2, 0.25) is 0 Å². The normalized spacial score (nSPS) is 13.3. The van der Waals surface area contributed by atoms with Gasteiger partial charge in [-0.05, 0) is 70.6 Å². The van der Waals surface area contributed by atoms with Gasteiger partial charge in [0.2, 0.25) is 0 Å². The third-order valence-electron chi connectivity index (χ3n) is 7.21. The number of carbonyl (C=O) groups is 2. The molecule has 0 radical (unpaired) electrons. The summed E-state index contributed by atoms with van der Waals surface area (Å²) in [5.74, 6) is -1.00. The molecular formula is C39H65O8P. The molecule has 48 heavy (non-hydrogen) atoms. The molecule has 0 heterocycles. The minimum absolute atomic E-state index is 0.139. The van der Waals surface area contributed by atoms with E-state index in [1.807, 2.05) is 12.2 Å². The molecule has 0 aromatic rings. The van der Waals surface area contributed by atoms with E-state index < -0.39 is 32.5 Å². The molecule has 0 unspecified atom stereocenters. The van der Waals surface area contributed by atoms with Gasteiger partial charge in [-0.15, -0.1) is 0 Å². The topological polar surface area (TPSA) is 119 Å². The van der Waals surface area contributed by atoms with Crippen LogP contribution in [0.5, 0.6) is 0 Å². The number of hydrogen-bond donors (Lipinski definition) is 2. The van der Waals surface area contributed by atoms with Gasteiger partial charge in [0.25, 0.3) is 0 Å². The highest BCUT2D eigenvalue weighted by molar-refractivity contribution is 7.46. The predicted molar refractivity (Wildman–Crippen MR) is 197 cm³/mol. The maximum Gasteiger partial charge on any atom is 0.469 e. The summed E-state index contributed by atoms with van der Waals surface area (Å²) >= 11 is 0. The van der Waals surface area contributed by atoms with E-state index in [2.05, 4.69) is 79.1 Å². The molecule has 0 aromatic heterocycles. The quantitative estimate of drug-likeness (QED) is 0.0309. The number of phosphoric ester groups is 1. The van der Waals surface area contributed by atoms with Crippen LogP contribution in [0.15, 0.2) is 72.9 Å². The van der Waals surface area contributed by atoms with Crippen LogP contribution >= 0.6 is 7.82 Å². The van der Waals surface area contributed by atoms with Crippen LogP contribution in [0.4, 0.5) is 0 Å². The van der Waals surface area contributed by atoms with Crippen molar-refractivity contribution in [3.05, 3.63) is 72.9 Å². The first kappa shape index (κ1) is 45.5. The Kier molecular flexibility index (Phi) is 32.6. The van der Waals surface area contributed by atoms with Crippen molar-refractivity contribution < 1.29 is 37.9 Å². The molecule has 0 amide bonds. The molecule has 0 aliphatic rings. The number of allylic oxidation sites excluding steroid dienone is 12. The Labute approximate surface area is 291 Å². The average molecular weight is 693 g/mol. The van der Waals surface area contributed by atoms with Crippen molar-refractivity contribution in [2.45, 2.75) is 148 Å². The van der Waals surface area contributed by atoms with E-state index >= 15 is 0 Å². The number of rotatable bonds is 32. The number of ether oxygens (including phenoxy) is 2. The molecule has 0 rings (SSSR count). The number of unbranched alkanes of at least 4 members (excludes halogenated alkanes) is 10. The molecule has 0 fully saturated rings. The highest BCUT2D eigenvalue weighted by Gasteiger charge is 2.22. The van der Waals surface area contributed by atoms with E-state index in [4.69, 9.17) is 19.3 Å². The Morgan fingerprint density at radius 1 is 0.542 bits per heavy atom. The first-order chi connectivity index (χ1) is 23.3. The zero-order chi connectivity index (χ0) is 35.4. The van der Waals surface area contributed by atoms with Gasteiger partial charge >= 0.3 is 19.8 Å². The zero-order valence-corrected chi connectivity index (χ0v) is 30.7. The van der Waals surface area contributed by atoms with Crippen LogP contribution in [-0.4, -0.2) is 41.0 Å². The summed E-state index contributed by atoms with van der Waals surface area (Å²) in [7, 11) is -4.77. The molecule has 274 valence electrons. The van der Waals surface area contributed by atoms with E-state index in [0.29, 0.717) is 12.8 Å². The Balaban J connectivity index is 4.13. The number of phosphoric acid groups is 1. The van der Waals surface area contributed by atoms with Gasteiger partial charge in [-0.1, -0.05) is 132 Å². The minimum Gasteiger partial charge on any atom is -0.462 e. The van der Waals surface area contributed by atoms with E-state index in [-0.39, 0.29) is 19.4 Å². The molecule has 9 heteroatoms. The van der Waals surface area contributed by atoms with Crippen LogP contribution in [0, 0.1) is 0 Å². The lowest BCUT2D eigenvalue weighted by Gasteiger charge is -2.18. The highest BCUT2D eigenvalue weighted by Crippen LogP contribution is 2.35. The van der Waals surface area contributed by atoms with Crippen molar-refractivity contribution in [2.75, 3.05) is 13.2 Å². The molecule has 0 spiro atoms. The first-order valence-corrected chi connectivity index (χ1v) is 19.8.